The number of carbonyl (C=O) groups excluding carboxylic acids is 1. The number of hydrogen-bond acceptors (Lipinski definition) is 6. The summed E-state index contributed by atoms with van der Waals surface area (Å²) >= 11 is 1.47. The van der Waals surface area contributed by atoms with E-state index in [1.807, 2.05) is 54.2 Å². The molecule has 1 fully saturated rings. The van der Waals surface area contributed by atoms with Crippen LogP contribution in [0.15, 0.2) is 54.7 Å². The Morgan fingerprint density at radius 3 is 2.59 bits per heavy atom. The van der Waals surface area contributed by atoms with E-state index in [0.29, 0.717) is 17.2 Å². The lowest BCUT2D eigenvalue weighted by atomic mass is 10.2. The van der Waals surface area contributed by atoms with E-state index in [2.05, 4.69) is 44.4 Å². The van der Waals surface area contributed by atoms with Gasteiger partial charge in [-0.2, -0.15) is 5.10 Å². The molecule has 1 amide bonds. The Bertz CT molecular complexity index is 1220. The van der Waals surface area contributed by atoms with Gasteiger partial charge in [0.05, 0.1) is 29.0 Å². The molecule has 1 aromatic carbocycles. The number of pyridine rings is 1. The Balaban J connectivity index is 1.30. The molecule has 0 unspecified atom stereocenters. The lowest BCUT2D eigenvalue weighted by Gasteiger charge is -2.33. The minimum atomic E-state index is -0.142. The first kappa shape index (κ1) is 20.7. The second-order valence-electron chi connectivity index (χ2n) is 8.20. The number of nitrogens with one attached hydrogen (secondary N) is 1. The summed E-state index contributed by atoms with van der Waals surface area (Å²) in [5.41, 5.74) is 3.21. The van der Waals surface area contributed by atoms with Crippen LogP contribution in [0.25, 0.3) is 10.2 Å². The van der Waals surface area contributed by atoms with Gasteiger partial charge in [-0.15, -0.1) is 11.3 Å². The number of amides is 1. The van der Waals surface area contributed by atoms with Crippen LogP contribution < -0.4 is 10.2 Å². The van der Waals surface area contributed by atoms with E-state index < -0.39 is 0 Å². The number of nitrogens with zero attached hydrogens (tertiary/aromatic N) is 5. The summed E-state index contributed by atoms with van der Waals surface area (Å²) in [6.07, 6.45) is 1.84. The number of hydrogen-bond donors (Lipinski definition) is 1. The van der Waals surface area contributed by atoms with E-state index >= 15 is 0 Å². The molecular formula is C24H26N6OS. The molecule has 4 aromatic rings. The van der Waals surface area contributed by atoms with Crippen molar-refractivity contribution >= 4 is 39.0 Å². The summed E-state index contributed by atoms with van der Waals surface area (Å²) in [4.78, 5) is 23.7. The average molecular weight is 447 g/mol. The molecular weight excluding hydrogens is 420 g/mol. The van der Waals surface area contributed by atoms with Crippen LogP contribution in [0.5, 0.6) is 0 Å². The average Bonchev–Trinajstić information content (AvgIpc) is 3.37. The lowest BCUT2D eigenvalue weighted by molar-refractivity contribution is 0.103. The molecule has 0 radical (unpaired) electrons. The predicted octanol–water partition coefficient (Wildman–Crippen LogP) is 3.85. The number of anilines is 2. The highest BCUT2D eigenvalue weighted by atomic mass is 32.1. The third-order valence-corrected chi connectivity index (χ3v) is 7.01. The van der Waals surface area contributed by atoms with Gasteiger partial charge in [0.1, 0.15) is 10.6 Å². The zero-order chi connectivity index (χ0) is 22.1. The van der Waals surface area contributed by atoms with Crippen molar-refractivity contribution in [3.8, 4) is 0 Å². The number of aromatic nitrogens is 3. The largest absolute Gasteiger partial charge is 0.368 e. The topological polar surface area (TPSA) is 66.3 Å². The van der Waals surface area contributed by atoms with Crippen molar-refractivity contribution in [3.63, 3.8) is 0 Å². The minimum Gasteiger partial charge on any atom is -0.368 e. The van der Waals surface area contributed by atoms with Crippen molar-refractivity contribution in [2.75, 3.05) is 43.4 Å². The van der Waals surface area contributed by atoms with Crippen LogP contribution in [0.1, 0.15) is 20.9 Å². The van der Waals surface area contributed by atoms with Crippen LogP contribution in [0.3, 0.4) is 0 Å². The monoisotopic (exact) mass is 446 g/mol. The Labute approximate surface area is 191 Å². The number of carbonyl (C=O) groups is 1. The summed E-state index contributed by atoms with van der Waals surface area (Å²) < 4.78 is 1.98. The van der Waals surface area contributed by atoms with Gasteiger partial charge in [0, 0.05) is 31.6 Å². The van der Waals surface area contributed by atoms with Gasteiger partial charge in [0.25, 0.3) is 5.91 Å². The summed E-state index contributed by atoms with van der Waals surface area (Å²) in [5.74, 6) is 0.421. The zero-order valence-electron chi connectivity index (χ0n) is 18.3. The maximum absolute atomic E-state index is 12.9. The summed E-state index contributed by atoms with van der Waals surface area (Å²) in [6, 6.07) is 16.1. The first-order valence-electron chi connectivity index (χ1n) is 10.8. The molecule has 0 bridgehead atoms. The molecule has 1 aliphatic heterocycles. The van der Waals surface area contributed by atoms with Crippen molar-refractivity contribution in [2.24, 2.45) is 0 Å². The summed E-state index contributed by atoms with van der Waals surface area (Å²) in [7, 11) is 2.14. The SMILES string of the molecule is Cc1nn(Cc2ccccc2)c2sc(C(=O)Nc3ccc(N4CCN(C)CC4)cn3)cc12. The van der Waals surface area contributed by atoms with Gasteiger partial charge in [-0.25, -0.2) is 4.98 Å². The smallest absolute Gasteiger partial charge is 0.266 e. The number of piperazine rings is 1. The molecule has 0 spiro atoms. The van der Waals surface area contributed by atoms with Gasteiger partial charge >= 0.3 is 0 Å². The molecule has 1 aliphatic rings. The third kappa shape index (κ3) is 4.24. The Morgan fingerprint density at radius 1 is 1.09 bits per heavy atom. The molecule has 164 valence electrons. The Hall–Kier alpha value is -3.23. The normalized spacial score (nSPS) is 14.8. The van der Waals surface area contributed by atoms with Gasteiger partial charge in [-0.3, -0.25) is 9.48 Å². The summed E-state index contributed by atoms with van der Waals surface area (Å²) in [5, 5.41) is 8.63. The fraction of sp³-hybridized carbons (Fsp3) is 0.292. The van der Waals surface area contributed by atoms with Crippen LogP contribution >= 0.6 is 11.3 Å². The molecule has 32 heavy (non-hydrogen) atoms. The van der Waals surface area contributed by atoms with E-state index in [4.69, 9.17) is 0 Å². The number of benzene rings is 1. The molecule has 5 rings (SSSR count). The third-order valence-electron chi connectivity index (χ3n) is 5.86. The van der Waals surface area contributed by atoms with E-state index in [-0.39, 0.29) is 5.91 Å². The molecule has 8 heteroatoms. The molecule has 7 nitrogen and oxygen atoms in total. The molecule has 0 atom stereocenters. The van der Waals surface area contributed by atoms with Crippen LogP contribution in [0.2, 0.25) is 0 Å². The maximum Gasteiger partial charge on any atom is 0.266 e. The van der Waals surface area contributed by atoms with Crippen LogP contribution in [0, 0.1) is 6.92 Å². The first-order valence-corrected chi connectivity index (χ1v) is 11.6. The molecule has 1 N–H and O–H groups in total. The van der Waals surface area contributed by atoms with Gasteiger partial charge in [0.2, 0.25) is 0 Å². The van der Waals surface area contributed by atoms with E-state index in [1.54, 1.807) is 0 Å². The van der Waals surface area contributed by atoms with Crippen LogP contribution in [0.4, 0.5) is 11.5 Å². The number of aryl methyl sites for hydroxylation is 1. The second kappa shape index (κ2) is 8.72. The van der Waals surface area contributed by atoms with Crippen LogP contribution in [-0.2, 0) is 6.54 Å². The van der Waals surface area contributed by atoms with E-state index in [0.717, 1.165) is 47.8 Å². The van der Waals surface area contributed by atoms with Gasteiger partial charge in [0.15, 0.2) is 0 Å². The van der Waals surface area contributed by atoms with Gasteiger partial charge < -0.3 is 15.1 Å². The first-order chi connectivity index (χ1) is 15.6. The van der Waals surface area contributed by atoms with Crippen molar-refractivity contribution < 1.29 is 4.79 Å². The zero-order valence-corrected chi connectivity index (χ0v) is 19.1. The van der Waals surface area contributed by atoms with Gasteiger partial charge in [-0.05, 0) is 37.7 Å². The molecule has 1 saturated heterocycles. The van der Waals surface area contributed by atoms with Crippen molar-refractivity contribution in [1.29, 1.82) is 0 Å². The van der Waals surface area contributed by atoms with Crippen molar-refractivity contribution in [1.82, 2.24) is 19.7 Å². The Kier molecular flexibility index (Phi) is 5.63. The highest BCUT2D eigenvalue weighted by molar-refractivity contribution is 7.20. The number of rotatable bonds is 5. The fourth-order valence-electron chi connectivity index (χ4n) is 3.98. The fourth-order valence-corrected chi connectivity index (χ4v) is 5.03. The molecule has 4 heterocycles. The highest BCUT2D eigenvalue weighted by Crippen LogP contribution is 2.29. The van der Waals surface area contributed by atoms with E-state index in [9.17, 15) is 4.79 Å². The second-order valence-corrected chi connectivity index (χ2v) is 9.23. The van der Waals surface area contributed by atoms with Gasteiger partial charge in [-0.1, -0.05) is 30.3 Å². The molecule has 0 saturated carbocycles. The number of thiophene rings is 1. The van der Waals surface area contributed by atoms with Crippen LogP contribution in [-0.4, -0.2) is 58.8 Å². The minimum absolute atomic E-state index is 0.142. The molecule has 0 aliphatic carbocycles. The Morgan fingerprint density at radius 2 is 1.88 bits per heavy atom. The van der Waals surface area contributed by atoms with Crippen molar-refractivity contribution in [2.45, 2.75) is 13.5 Å². The molecule has 3 aromatic heterocycles. The number of likely N-dealkylation sites (N-methyl/N-ethyl adjacent to an activating group) is 1. The maximum atomic E-state index is 12.9. The summed E-state index contributed by atoms with van der Waals surface area (Å²) in [6.45, 7) is 6.74. The predicted molar refractivity (Wildman–Crippen MR) is 130 cm³/mol. The number of fused-ring (bicyclic) bond motifs is 1. The quantitative estimate of drug-likeness (QED) is 0.504. The van der Waals surface area contributed by atoms with E-state index in [1.165, 1.54) is 16.9 Å². The lowest BCUT2D eigenvalue weighted by Crippen LogP contribution is -2.44. The standard InChI is InChI=1S/C24H26N6OS/c1-17-20-14-21(32-24(20)30(27-17)16-18-6-4-3-5-7-18)23(31)26-22-9-8-19(15-25-22)29-12-10-28(2)11-13-29/h3-9,14-15H,10-13,16H2,1-2H3,(H,25,26,31). The van der Waals surface area contributed by atoms with Crippen molar-refractivity contribution in [3.05, 3.63) is 70.9 Å². The highest BCUT2D eigenvalue weighted by Gasteiger charge is 2.18.